The zero-order valence-corrected chi connectivity index (χ0v) is 13.2. The molecule has 0 aliphatic carbocycles. The molecule has 0 spiro atoms. The van der Waals surface area contributed by atoms with Gasteiger partial charge in [0.25, 0.3) is 0 Å². The second-order valence-corrected chi connectivity index (χ2v) is 5.13. The highest BCUT2D eigenvalue weighted by atomic mass is 19.4. The second-order valence-electron chi connectivity index (χ2n) is 5.13. The van der Waals surface area contributed by atoms with Crippen LogP contribution in [0.4, 0.5) is 18.9 Å². The number of rotatable bonds is 4. The van der Waals surface area contributed by atoms with Crippen LogP contribution in [0.25, 0.3) is 11.1 Å². The van der Waals surface area contributed by atoms with Gasteiger partial charge in [0.2, 0.25) is 5.88 Å². The topological polar surface area (TPSA) is 47.0 Å². The normalized spacial score (nSPS) is 11.2. The van der Waals surface area contributed by atoms with Crippen LogP contribution in [-0.2, 0) is 6.18 Å². The van der Waals surface area contributed by atoms with E-state index in [0.717, 1.165) is 23.5 Å². The lowest BCUT2D eigenvalue weighted by Gasteiger charge is -2.13. The summed E-state index contributed by atoms with van der Waals surface area (Å²) < 4.78 is 43.4. The van der Waals surface area contributed by atoms with Crippen molar-refractivity contribution in [3.05, 3.63) is 66.6 Å². The van der Waals surface area contributed by atoms with E-state index in [-0.39, 0.29) is 11.6 Å². The molecule has 0 saturated carbocycles. The minimum absolute atomic E-state index is 0.176. The van der Waals surface area contributed by atoms with E-state index in [0.29, 0.717) is 5.56 Å². The molecule has 3 rings (SSSR count). The Morgan fingerprint density at radius 2 is 1.68 bits per heavy atom. The van der Waals surface area contributed by atoms with Crippen molar-refractivity contribution in [1.82, 2.24) is 9.97 Å². The highest BCUT2D eigenvalue weighted by Gasteiger charge is 2.32. The number of halogens is 3. The Balaban J connectivity index is 1.94. The molecule has 128 valence electrons. The predicted molar refractivity (Wildman–Crippen MR) is 88.5 cm³/mol. The summed E-state index contributed by atoms with van der Waals surface area (Å²) in [5.74, 6) is 0.460. The van der Waals surface area contributed by atoms with Crippen molar-refractivity contribution in [2.45, 2.75) is 6.18 Å². The molecular formula is C18H14F3N3O. The number of para-hydroxylation sites is 1. The summed E-state index contributed by atoms with van der Waals surface area (Å²) in [6.07, 6.45) is -1.90. The van der Waals surface area contributed by atoms with Gasteiger partial charge in [-0.05, 0) is 30.3 Å². The van der Waals surface area contributed by atoms with Crippen molar-refractivity contribution in [2.75, 3.05) is 12.4 Å². The maximum Gasteiger partial charge on any atom is 0.433 e. The lowest BCUT2D eigenvalue weighted by atomic mass is 10.1. The summed E-state index contributed by atoms with van der Waals surface area (Å²) in [5.41, 5.74) is 1.49. The fraction of sp³-hybridized carbons (Fsp3) is 0.111. The molecule has 0 aliphatic heterocycles. The molecule has 2 heterocycles. The first kappa shape index (κ1) is 16.8. The number of nitrogens with one attached hydrogen (secondary N) is 1. The van der Waals surface area contributed by atoms with Crippen molar-refractivity contribution >= 4 is 5.69 Å². The van der Waals surface area contributed by atoms with Gasteiger partial charge >= 0.3 is 6.18 Å². The summed E-state index contributed by atoms with van der Waals surface area (Å²) in [7, 11) is 1.80. The van der Waals surface area contributed by atoms with Crippen LogP contribution in [0.5, 0.6) is 11.6 Å². The molecule has 1 aromatic carbocycles. The molecule has 1 N–H and O–H groups in total. The summed E-state index contributed by atoms with van der Waals surface area (Å²) in [6, 6.07) is 13.3. The monoisotopic (exact) mass is 345 g/mol. The van der Waals surface area contributed by atoms with Crippen molar-refractivity contribution < 1.29 is 17.9 Å². The van der Waals surface area contributed by atoms with Crippen LogP contribution in [0.3, 0.4) is 0 Å². The fourth-order valence-electron chi connectivity index (χ4n) is 2.33. The Morgan fingerprint density at radius 1 is 0.920 bits per heavy atom. The number of pyridine rings is 2. The summed E-state index contributed by atoms with van der Waals surface area (Å²) in [5, 5.41) is 3.09. The standard InChI is InChI=1S/C18H14F3N3O/c1-22-15-7-3-2-5-13(15)14-6-4-10-23-17(14)25-12-8-9-16(24-11-12)18(19,20)21/h2-11,22H,1H3. The third kappa shape index (κ3) is 3.71. The molecule has 0 radical (unpaired) electrons. The molecule has 7 heteroatoms. The van der Waals surface area contributed by atoms with Crippen LogP contribution in [0, 0.1) is 0 Å². The molecule has 0 aliphatic rings. The number of hydrogen-bond donors (Lipinski definition) is 1. The highest BCUT2D eigenvalue weighted by molar-refractivity contribution is 5.80. The van der Waals surface area contributed by atoms with Gasteiger partial charge in [0.15, 0.2) is 0 Å². The van der Waals surface area contributed by atoms with E-state index >= 15 is 0 Å². The van der Waals surface area contributed by atoms with Crippen LogP contribution in [-0.4, -0.2) is 17.0 Å². The summed E-state index contributed by atoms with van der Waals surface area (Å²) >= 11 is 0. The van der Waals surface area contributed by atoms with Gasteiger partial charge in [-0.15, -0.1) is 0 Å². The van der Waals surface area contributed by atoms with Crippen LogP contribution >= 0.6 is 0 Å². The molecule has 2 aromatic heterocycles. The molecule has 0 saturated heterocycles. The number of anilines is 1. The molecule has 0 fully saturated rings. The van der Waals surface area contributed by atoms with Gasteiger partial charge in [-0.25, -0.2) is 9.97 Å². The lowest BCUT2D eigenvalue weighted by molar-refractivity contribution is -0.141. The molecule has 4 nitrogen and oxygen atoms in total. The SMILES string of the molecule is CNc1ccccc1-c1cccnc1Oc1ccc(C(F)(F)F)nc1. The number of aromatic nitrogens is 2. The fourth-order valence-corrected chi connectivity index (χ4v) is 2.33. The molecular weight excluding hydrogens is 331 g/mol. The van der Waals surface area contributed by atoms with Crippen molar-refractivity contribution in [3.8, 4) is 22.8 Å². The van der Waals surface area contributed by atoms with Gasteiger partial charge in [0.1, 0.15) is 11.4 Å². The lowest BCUT2D eigenvalue weighted by Crippen LogP contribution is -2.07. The minimum Gasteiger partial charge on any atom is -0.437 e. The zero-order valence-electron chi connectivity index (χ0n) is 13.2. The van der Waals surface area contributed by atoms with Crippen molar-refractivity contribution in [1.29, 1.82) is 0 Å². The largest absolute Gasteiger partial charge is 0.437 e. The number of hydrogen-bond acceptors (Lipinski definition) is 4. The minimum atomic E-state index is -4.49. The van der Waals surface area contributed by atoms with E-state index in [1.54, 1.807) is 19.3 Å². The first-order chi connectivity index (χ1) is 12.0. The molecule has 0 atom stereocenters. The van der Waals surface area contributed by atoms with Crippen molar-refractivity contribution in [2.24, 2.45) is 0 Å². The molecule has 0 amide bonds. The third-order valence-corrected chi connectivity index (χ3v) is 3.50. The highest BCUT2D eigenvalue weighted by Crippen LogP contribution is 2.36. The quantitative estimate of drug-likeness (QED) is 0.723. The van der Waals surface area contributed by atoms with Crippen molar-refractivity contribution in [3.63, 3.8) is 0 Å². The van der Waals surface area contributed by atoms with E-state index in [9.17, 15) is 13.2 Å². The second kappa shape index (κ2) is 6.80. The van der Waals surface area contributed by atoms with Crippen LogP contribution in [0.1, 0.15) is 5.69 Å². The van der Waals surface area contributed by atoms with E-state index < -0.39 is 11.9 Å². The Hall–Kier alpha value is -3.09. The number of alkyl halides is 3. The number of nitrogens with zero attached hydrogens (tertiary/aromatic N) is 2. The average Bonchev–Trinajstić information content (AvgIpc) is 2.62. The van der Waals surface area contributed by atoms with Gasteiger partial charge < -0.3 is 10.1 Å². The predicted octanol–water partition coefficient (Wildman–Crippen LogP) is 5.00. The van der Waals surface area contributed by atoms with Gasteiger partial charge in [-0.2, -0.15) is 13.2 Å². The molecule has 0 bridgehead atoms. The molecule has 25 heavy (non-hydrogen) atoms. The number of benzene rings is 1. The Kier molecular flexibility index (Phi) is 4.56. The van der Waals surface area contributed by atoms with E-state index in [1.165, 1.54) is 6.07 Å². The first-order valence-electron chi connectivity index (χ1n) is 7.42. The first-order valence-corrected chi connectivity index (χ1v) is 7.42. The maximum atomic E-state index is 12.6. The summed E-state index contributed by atoms with van der Waals surface area (Å²) in [6.45, 7) is 0. The zero-order chi connectivity index (χ0) is 17.9. The van der Waals surface area contributed by atoms with Crippen LogP contribution in [0.2, 0.25) is 0 Å². The van der Waals surface area contributed by atoms with E-state index in [4.69, 9.17) is 4.74 Å². The van der Waals surface area contributed by atoms with Gasteiger partial charge in [0.05, 0.1) is 6.20 Å². The number of ether oxygens (including phenoxy) is 1. The molecule has 3 aromatic rings. The van der Waals surface area contributed by atoms with Crippen LogP contribution in [0.15, 0.2) is 60.9 Å². The van der Waals surface area contributed by atoms with E-state index in [1.807, 2.05) is 30.3 Å². The van der Waals surface area contributed by atoms with Gasteiger partial charge in [-0.1, -0.05) is 18.2 Å². The van der Waals surface area contributed by atoms with Gasteiger partial charge in [0, 0.05) is 30.1 Å². The average molecular weight is 345 g/mol. The summed E-state index contributed by atoms with van der Waals surface area (Å²) in [4.78, 5) is 7.59. The van der Waals surface area contributed by atoms with E-state index in [2.05, 4.69) is 15.3 Å². The Labute approximate surface area is 142 Å². The Bertz CT molecular complexity index is 864. The van der Waals surface area contributed by atoms with Crippen LogP contribution < -0.4 is 10.1 Å². The molecule has 0 unspecified atom stereocenters. The third-order valence-electron chi connectivity index (χ3n) is 3.50. The Morgan fingerprint density at radius 3 is 2.36 bits per heavy atom. The smallest absolute Gasteiger partial charge is 0.433 e. The maximum absolute atomic E-state index is 12.6. The van der Waals surface area contributed by atoms with Gasteiger partial charge in [-0.3, -0.25) is 0 Å².